The minimum atomic E-state index is -1.12. The molecule has 36 heavy (non-hydrogen) atoms. The topological polar surface area (TPSA) is 90.7 Å². The van der Waals surface area contributed by atoms with E-state index < -0.39 is 13.7 Å². The fourth-order valence-electron chi connectivity index (χ4n) is 5.18. The molecule has 0 unspecified atom stereocenters. The molecule has 9 nitrogen and oxygen atoms in total. The fraction of sp³-hybridized carbons (Fsp3) is 0.731. The van der Waals surface area contributed by atoms with Gasteiger partial charge in [0.25, 0.3) is 0 Å². The lowest BCUT2D eigenvalue weighted by Crippen LogP contribution is -2.55. The smallest absolute Gasteiger partial charge is 0.407 e. The number of carbonyl (C=O) groups is 1. The lowest BCUT2D eigenvalue weighted by atomic mass is 9.73. The summed E-state index contributed by atoms with van der Waals surface area (Å²) in [4.78, 5) is 19.6. The third-order valence-corrected chi connectivity index (χ3v) is 8.96. The van der Waals surface area contributed by atoms with Crippen LogP contribution in [0.1, 0.15) is 40.5 Å². The molecule has 2 aliphatic rings. The number of rotatable bonds is 7. The minimum Gasteiger partial charge on any atom is -0.444 e. The number of amides is 1. The van der Waals surface area contributed by atoms with Crippen molar-refractivity contribution < 1.29 is 19.0 Å². The van der Waals surface area contributed by atoms with E-state index in [-0.39, 0.29) is 23.7 Å². The van der Waals surface area contributed by atoms with E-state index in [1.165, 1.54) is 0 Å². The van der Waals surface area contributed by atoms with E-state index in [4.69, 9.17) is 19.2 Å². The van der Waals surface area contributed by atoms with Crippen molar-refractivity contribution in [3.63, 3.8) is 0 Å². The summed E-state index contributed by atoms with van der Waals surface area (Å²) in [5.74, 6) is 0.958. The minimum absolute atomic E-state index is 0.0511. The SMILES string of the molecule is C[C@@H]1OCC2(CCN(c3nccc4c3cnn4COCC[Si](C)(C)C)CC2)[C@@H]1NC(=O)OC(C)(C)C. The molecule has 4 heterocycles. The molecule has 2 aromatic heterocycles. The number of nitrogens with one attached hydrogen (secondary N) is 1. The number of ether oxygens (including phenoxy) is 3. The highest BCUT2D eigenvalue weighted by Crippen LogP contribution is 2.43. The summed E-state index contributed by atoms with van der Waals surface area (Å²) in [6, 6.07) is 3.07. The number of piperidine rings is 1. The van der Waals surface area contributed by atoms with Crippen LogP contribution in [0.5, 0.6) is 0 Å². The van der Waals surface area contributed by atoms with E-state index in [1.54, 1.807) is 0 Å². The Morgan fingerprint density at radius 3 is 2.67 bits per heavy atom. The molecular formula is C26H43N5O4Si. The molecule has 2 saturated heterocycles. The number of alkyl carbamates (subject to hydrolysis) is 1. The first-order chi connectivity index (χ1) is 16.9. The van der Waals surface area contributed by atoms with Gasteiger partial charge >= 0.3 is 6.09 Å². The van der Waals surface area contributed by atoms with Gasteiger partial charge in [-0.05, 0) is 52.6 Å². The van der Waals surface area contributed by atoms with Crippen LogP contribution in [0.25, 0.3) is 10.9 Å². The van der Waals surface area contributed by atoms with Crippen LogP contribution in [0.3, 0.4) is 0 Å². The molecule has 2 atom stereocenters. The van der Waals surface area contributed by atoms with Crippen LogP contribution in [0.4, 0.5) is 10.6 Å². The van der Waals surface area contributed by atoms with Crippen LogP contribution in [-0.2, 0) is 20.9 Å². The predicted molar refractivity (Wildman–Crippen MR) is 144 cm³/mol. The molecule has 2 fully saturated rings. The Bertz CT molecular complexity index is 1050. The Labute approximate surface area is 215 Å². The molecule has 0 radical (unpaired) electrons. The van der Waals surface area contributed by atoms with Crippen LogP contribution in [0.15, 0.2) is 18.5 Å². The molecule has 0 aliphatic carbocycles. The molecule has 10 heteroatoms. The zero-order chi connectivity index (χ0) is 26.1. The third-order valence-electron chi connectivity index (χ3n) is 7.25. The second-order valence-electron chi connectivity index (χ2n) is 12.5. The maximum Gasteiger partial charge on any atom is 0.407 e. The Balaban J connectivity index is 1.41. The van der Waals surface area contributed by atoms with Crippen molar-refractivity contribution in [3.05, 3.63) is 18.5 Å². The highest BCUT2D eigenvalue weighted by Gasteiger charge is 2.50. The van der Waals surface area contributed by atoms with Gasteiger partial charge in [0.1, 0.15) is 18.1 Å². The maximum absolute atomic E-state index is 12.5. The quantitative estimate of drug-likeness (QED) is 0.422. The Kier molecular flexibility index (Phi) is 7.69. The molecule has 0 saturated carbocycles. The van der Waals surface area contributed by atoms with Crippen molar-refractivity contribution in [2.24, 2.45) is 5.41 Å². The van der Waals surface area contributed by atoms with Crippen LogP contribution >= 0.6 is 0 Å². The summed E-state index contributed by atoms with van der Waals surface area (Å²) in [6.45, 7) is 18.3. The van der Waals surface area contributed by atoms with E-state index in [0.29, 0.717) is 13.3 Å². The molecule has 1 spiro atoms. The molecule has 1 amide bonds. The predicted octanol–water partition coefficient (Wildman–Crippen LogP) is 4.64. The van der Waals surface area contributed by atoms with Gasteiger partial charge in [0.2, 0.25) is 0 Å². The average Bonchev–Trinajstić information content (AvgIpc) is 3.32. The Hall–Kier alpha value is -2.17. The summed E-state index contributed by atoms with van der Waals surface area (Å²) in [7, 11) is -1.12. The Morgan fingerprint density at radius 1 is 1.28 bits per heavy atom. The van der Waals surface area contributed by atoms with Crippen LogP contribution in [-0.4, -0.2) is 73.0 Å². The number of anilines is 1. The average molecular weight is 518 g/mol. The highest BCUT2D eigenvalue weighted by molar-refractivity contribution is 6.76. The van der Waals surface area contributed by atoms with Crippen molar-refractivity contribution in [1.82, 2.24) is 20.1 Å². The molecule has 2 aliphatic heterocycles. The van der Waals surface area contributed by atoms with E-state index in [0.717, 1.165) is 55.3 Å². The molecule has 1 N–H and O–H groups in total. The van der Waals surface area contributed by atoms with Gasteiger partial charge < -0.3 is 24.4 Å². The van der Waals surface area contributed by atoms with Gasteiger partial charge in [-0.25, -0.2) is 14.5 Å². The van der Waals surface area contributed by atoms with Gasteiger partial charge in [-0.3, -0.25) is 0 Å². The number of hydrogen-bond donors (Lipinski definition) is 1. The molecule has 200 valence electrons. The largest absolute Gasteiger partial charge is 0.444 e. The van der Waals surface area contributed by atoms with Gasteiger partial charge in [0.15, 0.2) is 0 Å². The van der Waals surface area contributed by atoms with E-state index in [1.807, 2.05) is 50.8 Å². The molecule has 2 aromatic rings. The van der Waals surface area contributed by atoms with Crippen molar-refractivity contribution in [1.29, 1.82) is 0 Å². The first kappa shape index (κ1) is 26.9. The van der Waals surface area contributed by atoms with E-state index in [9.17, 15) is 4.79 Å². The Morgan fingerprint density at radius 2 is 2.00 bits per heavy atom. The zero-order valence-corrected chi connectivity index (χ0v) is 24.0. The van der Waals surface area contributed by atoms with Gasteiger partial charge in [0.05, 0.1) is 35.9 Å². The standard InChI is InChI=1S/C26H43N5O4Si/c1-19-22(29-24(32)35-25(2,3)4)26(17-34-19)9-12-30(13-10-26)23-20-16-28-31(21(20)8-11-27-23)18-33-14-15-36(5,6)7/h8,11,16,19,22H,9-10,12-15,17-18H2,1-7H3,(H,29,32)/t19-,22+/m0/s1. The fourth-order valence-corrected chi connectivity index (χ4v) is 5.94. The normalized spacial score (nSPS) is 22.4. The van der Waals surface area contributed by atoms with Crippen LogP contribution < -0.4 is 10.2 Å². The number of nitrogens with zero attached hydrogens (tertiary/aromatic N) is 4. The third kappa shape index (κ3) is 6.20. The van der Waals surface area contributed by atoms with Gasteiger partial charge in [0, 0.05) is 39.4 Å². The zero-order valence-electron chi connectivity index (χ0n) is 23.0. The molecule has 0 bridgehead atoms. The van der Waals surface area contributed by atoms with Crippen molar-refractivity contribution >= 4 is 30.9 Å². The van der Waals surface area contributed by atoms with Crippen LogP contribution in [0.2, 0.25) is 25.7 Å². The number of hydrogen-bond acceptors (Lipinski definition) is 7. The number of pyridine rings is 1. The number of carbonyl (C=O) groups excluding carboxylic acids is 1. The lowest BCUT2D eigenvalue weighted by molar-refractivity contribution is 0.0434. The molecule has 0 aromatic carbocycles. The monoisotopic (exact) mass is 517 g/mol. The lowest BCUT2D eigenvalue weighted by Gasteiger charge is -2.43. The van der Waals surface area contributed by atoms with Crippen molar-refractivity contribution in [2.75, 3.05) is 31.2 Å². The van der Waals surface area contributed by atoms with Gasteiger partial charge in [-0.15, -0.1) is 0 Å². The summed E-state index contributed by atoms with van der Waals surface area (Å²) in [5.41, 5.74) is 0.405. The molecular weight excluding hydrogens is 474 g/mol. The second-order valence-corrected chi connectivity index (χ2v) is 18.2. The van der Waals surface area contributed by atoms with Gasteiger partial charge in [-0.2, -0.15) is 5.10 Å². The summed E-state index contributed by atoms with van der Waals surface area (Å²) in [5, 5.41) is 8.76. The van der Waals surface area contributed by atoms with Crippen molar-refractivity contribution in [2.45, 2.75) is 90.7 Å². The van der Waals surface area contributed by atoms with E-state index >= 15 is 0 Å². The van der Waals surface area contributed by atoms with Gasteiger partial charge in [-0.1, -0.05) is 19.6 Å². The molecule has 4 rings (SSSR count). The summed E-state index contributed by atoms with van der Waals surface area (Å²) in [6.07, 6.45) is 5.14. The number of aromatic nitrogens is 3. The van der Waals surface area contributed by atoms with Crippen molar-refractivity contribution in [3.8, 4) is 0 Å². The van der Waals surface area contributed by atoms with Crippen LogP contribution in [0, 0.1) is 5.41 Å². The number of fused-ring (bicyclic) bond motifs is 1. The second kappa shape index (κ2) is 10.3. The maximum atomic E-state index is 12.5. The summed E-state index contributed by atoms with van der Waals surface area (Å²) >= 11 is 0. The first-order valence-corrected chi connectivity index (χ1v) is 16.8. The van der Waals surface area contributed by atoms with E-state index in [2.05, 4.69) is 35.0 Å². The first-order valence-electron chi connectivity index (χ1n) is 13.1. The summed E-state index contributed by atoms with van der Waals surface area (Å²) < 4.78 is 19.4. The highest BCUT2D eigenvalue weighted by atomic mass is 28.3.